The molecule has 11 heavy (non-hydrogen) atoms. The van der Waals surface area contributed by atoms with Crippen LogP contribution in [0.1, 0.15) is 5.56 Å². The molecule has 1 radical (unpaired) electrons. The van der Waals surface area contributed by atoms with E-state index in [1.807, 2.05) is 6.07 Å². The number of halogens is 2. The Labute approximate surface area is 88.3 Å². The zero-order chi connectivity index (χ0) is 8.53. The average molecular weight is 286 g/mol. The minimum Gasteiger partial charge on any atom is -0.280 e. The topological polar surface area (TPSA) is 23.8 Å². The second kappa shape index (κ2) is 8.53. The molecule has 0 aromatic heterocycles. The van der Waals surface area contributed by atoms with Crippen LogP contribution in [0.25, 0.3) is 0 Å². The Morgan fingerprint density at radius 1 is 1.36 bits per heavy atom. The first-order valence-electron chi connectivity index (χ1n) is 2.83. The molecular weight excluding hydrogens is 282 g/mol. The van der Waals surface area contributed by atoms with Crippen molar-refractivity contribution >= 4 is 41.8 Å². The molecule has 1 rings (SSSR count). The number of rotatable bonds is 0. The molecule has 0 saturated heterocycles. The Morgan fingerprint density at radius 2 is 1.82 bits per heavy atom. The monoisotopic (exact) mass is 284 g/mol. The van der Waals surface area contributed by atoms with Crippen molar-refractivity contribution in [3.05, 3.63) is 35.9 Å². The Hall–Kier alpha value is 0.436. The van der Waals surface area contributed by atoms with E-state index in [4.69, 9.17) is 5.26 Å². The molecule has 0 heterocycles. The SMILES string of the molecule is N#Cc1cc[c]cc1.[Br][Mg][Br]. The molecule has 4 heteroatoms. The van der Waals surface area contributed by atoms with Crippen LogP contribution in [-0.2, 0) is 0 Å². The van der Waals surface area contributed by atoms with Gasteiger partial charge in [0.05, 0.1) is 11.6 Å². The second-order valence-corrected chi connectivity index (χ2v) is 9.58. The maximum atomic E-state index is 8.27. The van der Waals surface area contributed by atoms with Crippen LogP contribution in [0, 0.1) is 17.4 Å². The van der Waals surface area contributed by atoms with E-state index in [1.165, 1.54) is 0 Å². The first-order valence-corrected chi connectivity index (χ1v) is 10.6. The van der Waals surface area contributed by atoms with Gasteiger partial charge in [-0.25, -0.2) is 0 Å². The number of nitrogens with zero attached hydrogens (tertiary/aromatic N) is 1. The minimum atomic E-state index is 0.0417. The lowest BCUT2D eigenvalue weighted by molar-refractivity contribution is 1.48. The van der Waals surface area contributed by atoms with E-state index < -0.39 is 0 Å². The van der Waals surface area contributed by atoms with Crippen molar-refractivity contribution in [1.29, 1.82) is 5.26 Å². The van der Waals surface area contributed by atoms with Crippen LogP contribution in [-0.4, -0.2) is 16.0 Å². The van der Waals surface area contributed by atoms with Crippen molar-refractivity contribution in [2.45, 2.75) is 0 Å². The van der Waals surface area contributed by atoms with Crippen LogP contribution >= 0.6 is 25.8 Å². The number of hydrogen-bond donors (Lipinski definition) is 0. The summed E-state index contributed by atoms with van der Waals surface area (Å²) in [5.41, 5.74) is 0.684. The van der Waals surface area contributed by atoms with Crippen LogP contribution in [0.5, 0.6) is 0 Å². The maximum absolute atomic E-state index is 8.27. The lowest BCUT2D eigenvalue weighted by Gasteiger charge is -1.79. The van der Waals surface area contributed by atoms with Gasteiger partial charge in [0.1, 0.15) is 0 Å². The maximum Gasteiger partial charge on any atom is 0.560 e. The molecule has 0 N–H and O–H groups in total. The van der Waals surface area contributed by atoms with Gasteiger partial charge in [0.15, 0.2) is 0 Å². The smallest absolute Gasteiger partial charge is 0.280 e. The lowest BCUT2D eigenvalue weighted by Crippen LogP contribution is -1.66. The highest BCUT2D eigenvalue weighted by Gasteiger charge is 1.79. The van der Waals surface area contributed by atoms with Gasteiger partial charge in [-0.2, -0.15) is 5.26 Å². The van der Waals surface area contributed by atoms with Crippen LogP contribution < -0.4 is 0 Å². The Balaban J connectivity index is 0.000000292. The van der Waals surface area contributed by atoms with Gasteiger partial charge in [-0.15, -0.1) is 0 Å². The predicted octanol–water partition coefficient (Wildman–Crippen LogP) is 2.67. The molecule has 1 nitrogen and oxygen atoms in total. The van der Waals surface area contributed by atoms with Crippen molar-refractivity contribution in [3.8, 4) is 6.07 Å². The normalized spacial score (nSPS) is 6.64. The zero-order valence-corrected chi connectivity index (χ0v) is 10.3. The summed E-state index contributed by atoms with van der Waals surface area (Å²) < 4.78 is 0. The standard InChI is InChI=1S/C7H4N.2BrH.Mg/c8-6-7-4-2-1-3-5-7;;;/h2-5H;2*1H;/q;;;+2/p-2. The van der Waals surface area contributed by atoms with Gasteiger partial charge in [-0.05, 0) is 18.2 Å². The molecule has 0 aliphatic heterocycles. The van der Waals surface area contributed by atoms with Crippen molar-refractivity contribution in [3.63, 3.8) is 0 Å². The largest absolute Gasteiger partial charge is 0.560 e. The fourth-order valence-corrected chi connectivity index (χ4v) is 0.461. The summed E-state index contributed by atoms with van der Waals surface area (Å²) >= 11 is 6.44. The van der Waals surface area contributed by atoms with Crippen LogP contribution in [0.2, 0.25) is 0 Å². The molecule has 1 aromatic rings. The average Bonchev–Trinajstić information content (AvgIpc) is 2.08. The van der Waals surface area contributed by atoms with Crippen LogP contribution in [0.15, 0.2) is 24.3 Å². The predicted molar refractivity (Wildman–Crippen MR) is 53.6 cm³/mol. The van der Waals surface area contributed by atoms with E-state index in [9.17, 15) is 0 Å². The Kier molecular flexibility index (Phi) is 8.87. The second-order valence-electron chi connectivity index (χ2n) is 1.50. The molecule has 53 valence electrons. The summed E-state index contributed by atoms with van der Waals surface area (Å²) in [6, 6.07) is 11.7. The third kappa shape index (κ3) is 6.82. The summed E-state index contributed by atoms with van der Waals surface area (Å²) in [6.07, 6.45) is 0. The van der Waals surface area contributed by atoms with Crippen molar-refractivity contribution in [2.75, 3.05) is 0 Å². The van der Waals surface area contributed by atoms with Gasteiger partial charge < -0.3 is 0 Å². The van der Waals surface area contributed by atoms with Crippen molar-refractivity contribution < 1.29 is 0 Å². The van der Waals surface area contributed by atoms with E-state index in [-0.39, 0.29) is 16.0 Å². The van der Waals surface area contributed by atoms with E-state index in [1.54, 1.807) is 24.3 Å². The van der Waals surface area contributed by atoms with Crippen LogP contribution in [0.3, 0.4) is 0 Å². The molecule has 0 unspecified atom stereocenters. The van der Waals surface area contributed by atoms with Gasteiger partial charge in [0.25, 0.3) is 0 Å². The number of hydrogen-bond acceptors (Lipinski definition) is 1. The molecule has 0 saturated carbocycles. The number of benzene rings is 1. The zero-order valence-electron chi connectivity index (χ0n) is 5.72. The molecule has 0 atom stereocenters. The minimum absolute atomic E-state index is 0.0417. The summed E-state index contributed by atoms with van der Waals surface area (Å²) in [7, 11) is 0. The summed E-state index contributed by atoms with van der Waals surface area (Å²) in [5, 5.41) is 8.27. The molecule has 0 fully saturated rings. The quantitative estimate of drug-likeness (QED) is 0.673. The summed E-state index contributed by atoms with van der Waals surface area (Å²) in [6.45, 7) is 0. The Bertz CT molecular complexity index is 220. The molecule has 0 spiro atoms. The van der Waals surface area contributed by atoms with E-state index in [0.717, 1.165) is 0 Å². The fraction of sp³-hybridized carbons (Fsp3) is 0. The van der Waals surface area contributed by atoms with Crippen molar-refractivity contribution in [1.82, 2.24) is 0 Å². The third-order valence-electron chi connectivity index (χ3n) is 0.847. The van der Waals surface area contributed by atoms with E-state index in [0.29, 0.717) is 5.56 Å². The van der Waals surface area contributed by atoms with Crippen LogP contribution in [0.4, 0.5) is 0 Å². The molecule has 1 aromatic carbocycles. The first kappa shape index (κ1) is 11.4. The van der Waals surface area contributed by atoms with E-state index in [2.05, 4.69) is 31.8 Å². The molecule has 0 aliphatic rings. The van der Waals surface area contributed by atoms with Crippen molar-refractivity contribution in [2.24, 2.45) is 0 Å². The molecule has 0 aliphatic carbocycles. The lowest BCUT2D eigenvalue weighted by atomic mass is 10.2. The highest BCUT2D eigenvalue weighted by molar-refractivity contribution is 9.47. The third-order valence-corrected chi connectivity index (χ3v) is 0.847. The highest BCUT2D eigenvalue weighted by Crippen LogP contribution is 1.92. The van der Waals surface area contributed by atoms with E-state index >= 15 is 0 Å². The van der Waals surface area contributed by atoms with Gasteiger partial charge in [0.2, 0.25) is 0 Å². The van der Waals surface area contributed by atoms with Gasteiger partial charge in [-0.3, -0.25) is 25.8 Å². The number of nitriles is 1. The molecule has 0 amide bonds. The Morgan fingerprint density at radius 3 is 2.09 bits per heavy atom. The van der Waals surface area contributed by atoms with Gasteiger partial charge in [-0.1, -0.05) is 12.1 Å². The van der Waals surface area contributed by atoms with Gasteiger partial charge in [0, 0.05) is 0 Å². The molecule has 0 bridgehead atoms. The van der Waals surface area contributed by atoms with Gasteiger partial charge >= 0.3 is 16.0 Å². The summed E-state index contributed by atoms with van der Waals surface area (Å²) in [4.78, 5) is 0. The highest BCUT2D eigenvalue weighted by atomic mass is 79.9. The molecular formula is C7H4Br2MgN. The first-order chi connectivity index (χ1) is 5.35. The fourth-order valence-electron chi connectivity index (χ4n) is 0.461. The summed E-state index contributed by atoms with van der Waals surface area (Å²) in [5.74, 6) is 0.